The Morgan fingerprint density at radius 3 is 2.93 bits per heavy atom. The Hall–Kier alpha value is -1.67. The lowest BCUT2D eigenvalue weighted by atomic mass is 10.2. The Morgan fingerprint density at radius 1 is 1.79 bits per heavy atom. The molecular weight excluding hydrogens is 205 g/mol. The minimum Gasteiger partial charge on any atom is -0.249 e. The lowest BCUT2D eigenvalue weighted by Gasteiger charge is -1.92. The predicted octanol–water partition coefficient (Wildman–Crippen LogP) is 2.39. The fourth-order valence-electron chi connectivity index (χ4n) is 0.842. The van der Waals surface area contributed by atoms with Crippen LogP contribution in [0.25, 0.3) is 6.08 Å². The number of carbonyl (C=O) groups excluding carboxylic acids is 1. The van der Waals surface area contributed by atoms with Gasteiger partial charge in [0.15, 0.2) is 0 Å². The smallest absolute Gasteiger partial charge is 0.249 e. The van der Waals surface area contributed by atoms with E-state index in [2.05, 4.69) is 4.94 Å². The molecule has 1 aromatic rings. The maximum absolute atomic E-state index is 11.5. The molecule has 72 valence electrons. The molecule has 0 amide bonds. The van der Waals surface area contributed by atoms with Gasteiger partial charge in [0.05, 0.1) is 0 Å². The van der Waals surface area contributed by atoms with E-state index in [0.29, 0.717) is 0 Å². The normalized spacial score (nSPS) is 10.8. The van der Waals surface area contributed by atoms with Crippen molar-refractivity contribution in [2.75, 3.05) is 0 Å². The molecule has 0 saturated carbocycles. The Labute approximate surface area is 83.9 Å². The molecule has 1 aromatic heterocycles. The molecule has 0 bridgehead atoms. The molecule has 0 aliphatic carbocycles. The molecule has 3 nitrogen and oxygen atoms in total. The molecule has 0 aliphatic heterocycles. The third-order valence-electron chi connectivity index (χ3n) is 1.59. The summed E-state index contributed by atoms with van der Waals surface area (Å²) in [6, 6.07) is 3.41. The molecule has 14 heavy (non-hydrogen) atoms. The summed E-state index contributed by atoms with van der Waals surface area (Å²) >= 11 is 1.36. The highest BCUT2D eigenvalue weighted by Gasteiger charge is 2.12. The van der Waals surface area contributed by atoms with E-state index in [4.69, 9.17) is 5.26 Å². The van der Waals surface area contributed by atoms with Crippen molar-refractivity contribution < 1.29 is 14.3 Å². The summed E-state index contributed by atoms with van der Waals surface area (Å²) in [5, 5.41) is 10.4. The Morgan fingerprint density at radius 2 is 2.50 bits per heavy atom. The number of nitrogens with zero attached hydrogens (tertiary/aromatic N) is 1. The Balaban J connectivity index is 3.03. The van der Waals surface area contributed by atoms with Gasteiger partial charge in [0.1, 0.15) is 11.6 Å². The summed E-state index contributed by atoms with van der Waals surface area (Å²) < 4.78 is 11.5. The standard InChI is InChI=1S/C9H6FNO2S/c1-6-2-3-14-8(6)4-7(5-11)9(12)13-10/h2-4H,1H3/b7-4+. The summed E-state index contributed by atoms with van der Waals surface area (Å²) in [5.74, 6) is -1.26. The lowest BCUT2D eigenvalue weighted by Crippen LogP contribution is -1.99. The van der Waals surface area contributed by atoms with Crippen molar-refractivity contribution in [1.29, 1.82) is 5.26 Å². The van der Waals surface area contributed by atoms with Gasteiger partial charge in [0.25, 0.3) is 0 Å². The first-order chi connectivity index (χ1) is 6.69. The second-order valence-corrected chi connectivity index (χ2v) is 3.45. The van der Waals surface area contributed by atoms with Gasteiger partial charge in [-0.3, -0.25) is 0 Å². The van der Waals surface area contributed by atoms with Crippen LogP contribution in [0.2, 0.25) is 0 Å². The SMILES string of the molecule is Cc1ccsc1/C=C(\C#N)C(=O)OF. The van der Waals surface area contributed by atoms with E-state index in [1.54, 1.807) is 6.07 Å². The quantitative estimate of drug-likeness (QED) is 0.557. The highest BCUT2D eigenvalue weighted by molar-refractivity contribution is 7.11. The Bertz CT molecular complexity index is 417. The molecule has 5 heteroatoms. The summed E-state index contributed by atoms with van der Waals surface area (Å²) in [7, 11) is 0. The molecule has 1 heterocycles. The van der Waals surface area contributed by atoms with E-state index in [0.717, 1.165) is 10.4 Å². The average Bonchev–Trinajstić information content (AvgIpc) is 2.59. The summed E-state index contributed by atoms with van der Waals surface area (Å²) in [6.07, 6.45) is 1.31. The van der Waals surface area contributed by atoms with Crippen LogP contribution in [-0.2, 0) is 9.74 Å². The van der Waals surface area contributed by atoms with Gasteiger partial charge in [-0.05, 0) is 30.0 Å². The largest absolute Gasteiger partial charge is 0.390 e. The van der Waals surface area contributed by atoms with E-state index in [1.807, 2.05) is 18.4 Å². The van der Waals surface area contributed by atoms with Gasteiger partial charge in [-0.2, -0.15) is 5.26 Å². The highest BCUT2D eigenvalue weighted by Crippen LogP contribution is 2.19. The minimum atomic E-state index is -1.26. The van der Waals surface area contributed by atoms with Crippen molar-refractivity contribution in [2.45, 2.75) is 6.92 Å². The van der Waals surface area contributed by atoms with E-state index in [-0.39, 0.29) is 5.57 Å². The molecule has 0 fully saturated rings. The van der Waals surface area contributed by atoms with Gasteiger partial charge < -0.3 is 0 Å². The van der Waals surface area contributed by atoms with Crippen LogP contribution >= 0.6 is 11.3 Å². The van der Waals surface area contributed by atoms with E-state index in [1.165, 1.54) is 17.4 Å². The van der Waals surface area contributed by atoms with Crippen molar-refractivity contribution in [3.05, 3.63) is 27.5 Å². The minimum absolute atomic E-state index is 0.349. The number of hydrogen-bond donors (Lipinski definition) is 0. The molecule has 0 atom stereocenters. The van der Waals surface area contributed by atoms with Crippen LogP contribution in [0.15, 0.2) is 17.0 Å². The van der Waals surface area contributed by atoms with E-state index >= 15 is 0 Å². The second-order valence-electron chi connectivity index (χ2n) is 2.50. The maximum atomic E-state index is 11.5. The molecule has 0 unspecified atom stereocenters. The molecule has 0 saturated heterocycles. The zero-order chi connectivity index (χ0) is 10.6. The lowest BCUT2D eigenvalue weighted by molar-refractivity contribution is -0.177. The van der Waals surface area contributed by atoms with Crippen molar-refractivity contribution in [3.8, 4) is 6.07 Å². The zero-order valence-corrected chi connectivity index (χ0v) is 8.10. The first-order valence-electron chi connectivity index (χ1n) is 3.68. The monoisotopic (exact) mass is 211 g/mol. The molecular formula is C9H6FNO2S. The number of aryl methyl sites for hydroxylation is 1. The number of hydrogen-bond acceptors (Lipinski definition) is 4. The third-order valence-corrected chi connectivity index (χ3v) is 2.55. The number of thiophene rings is 1. The molecule has 0 aromatic carbocycles. The van der Waals surface area contributed by atoms with Crippen LogP contribution < -0.4 is 0 Å². The number of carbonyl (C=O) groups is 1. The van der Waals surface area contributed by atoms with Crippen LogP contribution in [0.5, 0.6) is 0 Å². The van der Waals surface area contributed by atoms with Crippen molar-refractivity contribution in [3.63, 3.8) is 0 Å². The second kappa shape index (κ2) is 4.53. The maximum Gasteiger partial charge on any atom is 0.390 e. The number of rotatable bonds is 2. The highest BCUT2D eigenvalue weighted by atomic mass is 32.1. The first-order valence-corrected chi connectivity index (χ1v) is 4.55. The molecule has 0 spiro atoms. The fraction of sp³-hybridized carbons (Fsp3) is 0.111. The molecule has 0 aliphatic rings. The van der Waals surface area contributed by atoms with Crippen LogP contribution in [0.3, 0.4) is 0 Å². The van der Waals surface area contributed by atoms with E-state index in [9.17, 15) is 9.32 Å². The summed E-state index contributed by atoms with van der Waals surface area (Å²) in [4.78, 5) is 14.4. The molecule has 0 N–H and O–H groups in total. The van der Waals surface area contributed by atoms with Crippen LogP contribution in [-0.4, -0.2) is 5.97 Å². The number of halogens is 1. The van der Waals surface area contributed by atoms with Crippen LogP contribution in [0.1, 0.15) is 10.4 Å². The zero-order valence-electron chi connectivity index (χ0n) is 7.28. The molecule has 0 radical (unpaired) electrons. The molecule has 1 rings (SSSR count). The topological polar surface area (TPSA) is 50.1 Å². The summed E-state index contributed by atoms with van der Waals surface area (Å²) in [5.41, 5.74) is 0.576. The van der Waals surface area contributed by atoms with Crippen molar-refractivity contribution in [1.82, 2.24) is 0 Å². The summed E-state index contributed by atoms with van der Waals surface area (Å²) in [6.45, 7) is 1.83. The van der Waals surface area contributed by atoms with Gasteiger partial charge in [0.2, 0.25) is 0 Å². The van der Waals surface area contributed by atoms with Crippen molar-refractivity contribution in [2.24, 2.45) is 0 Å². The van der Waals surface area contributed by atoms with Gasteiger partial charge >= 0.3 is 5.97 Å². The van der Waals surface area contributed by atoms with Crippen LogP contribution in [0.4, 0.5) is 4.53 Å². The van der Waals surface area contributed by atoms with Gasteiger partial charge in [-0.25, -0.2) is 9.74 Å². The van der Waals surface area contributed by atoms with Gasteiger partial charge in [0, 0.05) is 9.40 Å². The first kappa shape index (κ1) is 10.4. The third kappa shape index (κ3) is 2.18. The Kier molecular flexibility index (Phi) is 3.37. The number of nitriles is 1. The van der Waals surface area contributed by atoms with E-state index < -0.39 is 5.97 Å². The van der Waals surface area contributed by atoms with Gasteiger partial charge in [-0.1, -0.05) is 0 Å². The average molecular weight is 211 g/mol. The predicted molar refractivity (Wildman–Crippen MR) is 49.8 cm³/mol. The van der Waals surface area contributed by atoms with Crippen molar-refractivity contribution >= 4 is 23.4 Å². The van der Waals surface area contributed by atoms with Gasteiger partial charge in [-0.15, -0.1) is 11.3 Å². The van der Waals surface area contributed by atoms with Crippen LogP contribution in [0, 0.1) is 18.3 Å². The fourth-order valence-corrected chi connectivity index (χ4v) is 1.70.